The van der Waals surface area contributed by atoms with E-state index in [4.69, 9.17) is 0 Å². The van der Waals surface area contributed by atoms with Crippen LogP contribution in [0.3, 0.4) is 0 Å². The van der Waals surface area contributed by atoms with Crippen LogP contribution in [0, 0.1) is 20.8 Å². The lowest BCUT2D eigenvalue weighted by Gasteiger charge is -2.35. The van der Waals surface area contributed by atoms with Gasteiger partial charge in [0.25, 0.3) is 0 Å². The van der Waals surface area contributed by atoms with Crippen molar-refractivity contribution in [3.05, 3.63) is 59.7 Å². The van der Waals surface area contributed by atoms with Crippen LogP contribution in [-0.4, -0.2) is 46.1 Å². The fourth-order valence-corrected chi connectivity index (χ4v) is 3.38. The molecule has 1 N–H and O–H groups in total. The Morgan fingerprint density at radius 2 is 1.57 bits per heavy atom. The number of nitrogens with zero attached hydrogens (tertiary/aromatic N) is 6. The van der Waals surface area contributed by atoms with Gasteiger partial charge in [0, 0.05) is 50.3 Å². The van der Waals surface area contributed by atoms with E-state index in [0.717, 1.165) is 55.3 Å². The van der Waals surface area contributed by atoms with Crippen LogP contribution in [0.1, 0.15) is 17.0 Å². The maximum atomic E-state index is 4.66. The summed E-state index contributed by atoms with van der Waals surface area (Å²) in [5.41, 5.74) is 3.49. The van der Waals surface area contributed by atoms with Crippen molar-refractivity contribution in [2.75, 3.05) is 41.3 Å². The standard InChI is InChI=1S/C21H25N7/c1-15-5-6-16(2)18(13-15)26-19-14-20(25-17(3)24-19)27-9-11-28(12-10-27)21-22-7-4-8-23-21/h4-8,13-14H,9-12H2,1-3H3,(H,24,25,26). The van der Waals surface area contributed by atoms with Gasteiger partial charge < -0.3 is 15.1 Å². The maximum absolute atomic E-state index is 4.66. The Morgan fingerprint density at radius 1 is 0.857 bits per heavy atom. The fraction of sp³-hybridized carbons (Fsp3) is 0.333. The van der Waals surface area contributed by atoms with E-state index in [2.05, 4.69) is 67.1 Å². The van der Waals surface area contributed by atoms with E-state index in [1.807, 2.05) is 19.1 Å². The molecule has 4 rings (SSSR count). The van der Waals surface area contributed by atoms with E-state index < -0.39 is 0 Å². The Hall–Kier alpha value is -3.22. The zero-order valence-corrected chi connectivity index (χ0v) is 16.6. The molecule has 3 heterocycles. The monoisotopic (exact) mass is 375 g/mol. The van der Waals surface area contributed by atoms with Crippen LogP contribution in [0.25, 0.3) is 0 Å². The van der Waals surface area contributed by atoms with Gasteiger partial charge in [-0.3, -0.25) is 0 Å². The number of nitrogens with one attached hydrogen (secondary N) is 1. The van der Waals surface area contributed by atoms with E-state index in [1.165, 1.54) is 11.1 Å². The summed E-state index contributed by atoms with van der Waals surface area (Å²) in [5, 5.41) is 3.46. The average molecular weight is 375 g/mol. The number of hydrogen-bond donors (Lipinski definition) is 1. The van der Waals surface area contributed by atoms with Crippen LogP contribution in [0.5, 0.6) is 0 Å². The first kappa shape index (κ1) is 18.2. The number of rotatable bonds is 4. The highest BCUT2D eigenvalue weighted by Gasteiger charge is 2.20. The Labute approximate surface area is 165 Å². The normalized spacial score (nSPS) is 14.2. The molecule has 7 heteroatoms. The third-order valence-corrected chi connectivity index (χ3v) is 4.92. The number of hydrogen-bond acceptors (Lipinski definition) is 7. The summed E-state index contributed by atoms with van der Waals surface area (Å²) >= 11 is 0. The minimum absolute atomic E-state index is 0.763. The van der Waals surface area contributed by atoms with Crippen molar-refractivity contribution in [1.29, 1.82) is 0 Å². The third-order valence-electron chi connectivity index (χ3n) is 4.92. The maximum Gasteiger partial charge on any atom is 0.225 e. The molecular weight excluding hydrogens is 350 g/mol. The van der Waals surface area contributed by atoms with Gasteiger partial charge in [-0.25, -0.2) is 19.9 Å². The van der Waals surface area contributed by atoms with Gasteiger partial charge in [0.1, 0.15) is 17.5 Å². The van der Waals surface area contributed by atoms with Crippen molar-refractivity contribution in [2.24, 2.45) is 0 Å². The summed E-state index contributed by atoms with van der Waals surface area (Å²) < 4.78 is 0. The molecular formula is C21H25N7. The van der Waals surface area contributed by atoms with Gasteiger partial charge in [0.15, 0.2) is 0 Å². The van der Waals surface area contributed by atoms with Crippen LogP contribution < -0.4 is 15.1 Å². The molecule has 0 atom stereocenters. The first-order chi connectivity index (χ1) is 13.6. The molecule has 0 radical (unpaired) electrons. The van der Waals surface area contributed by atoms with E-state index in [9.17, 15) is 0 Å². The van der Waals surface area contributed by atoms with E-state index in [-0.39, 0.29) is 0 Å². The molecule has 28 heavy (non-hydrogen) atoms. The van der Waals surface area contributed by atoms with E-state index in [0.29, 0.717) is 0 Å². The molecule has 0 bridgehead atoms. The predicted molar refractivity (Wildman–Crippen MR) is 112 cm³/mol. The zero-order chi connectivity index (χ0) is 19.5. The summed E-state index contributed by atoms with van der Waals surface area (Å²) in [6, 6.07) is 10.3. The summed E-state index contributed by atoms with van der Waals surface area (Å²) in [5.74, 6) is 3.33. The van der Waals surface area contributed by atoms with Crippen molar-refractivity contribution in [3.8, 4) is 0 Å². The van der Waals surface area contributed by atoms with E-state index in [1.54, 1.807) is 12.4 Å². The predicted octanol–water partition coefficient (Wildman–Crippen LogP) is 3.26. The summed E-state index contributed by atoms with van der Waals surface area (Å²) in [6.45, 7) is 9.61. The second-order valence-corrected chi connectivity index (χ2v) is 7.12. The molecule has 7 nitrogen and oxygen atoms in total. The van der Waals surface area contributed by atoms with Crippen LogP contribution >= 0.6 is 0 Å². The number of aryl methyl sites for hydroxylation is 3. The van der Waals surface area contributed by atoms with Gasteiger partial charge in [-0.2, -0.15) is 0 Å². The highest BCUT2D eigenvalue weighted by molar-refractivity contribution is 5.63. The van der Waals surface area contributed by atoms with Crippen LogP contribution in [0.15, 0.2) is 42.7 Å². The second-order valence-electron chi connectivity index (χ2n) is 7.12. The highest BCUT2D eigenvalue weighted by atomic mass is 15.3. The molecule has 0 spiro atoms. The molecule has 1 fully saturated rings. The van der Waals surface area contributed by atoms with Gasteiger partial charge in [-0.05, 0) is 44.0 Å². The number of aromatic nitrogens is 4. The van der Waals surface area contributed by atoms with Gasteiger partial charge in [0.05, 0.1) is 0 Å². The van der Waals surface area contributed by atoms with E-state index >= 15 is 0 Å². The molecule has 1 aromatic carbocycles. The van der Waals surface area contributed by atoms with Crippen molar-refractivity contribution >= 4 is 23.3 Å². The number of piperazine rings is 1. The molecule has 144 valence electrons. The largest absolute Gasteiger partial charge is 0.353 e. The number of benzene rings is 1. The third kappa shape index (κ3) is 4.03. The first-order valence-corrected chi connectivity index (χ1v) is 9.55. The Balaban J connectivity index is 1.49. The smallest absolute Gasteiger partial charge is 0.225 e. The molecule has 1 aliphatic rings. The molecule has 1 aliphatic heterocycles. The van der Waals surface area contributed by atoms with Crippen molar-refractivity contribution in [1.82, 2.24) is 19.9 Å². The molecule has 0 aliphatic carbocycles. The van der Waals surface area contributed by atoms with Gasteiger partial charge >= 0.3 is 0 Å². The SMILES string of the molecule is Cc1ccc(C)c(Nc2cc(N3CCN(c4ncccn4)CC3)nc(C)n2)c1. The molecule has 1 saturated heterocycles. The van der Waals surface area contributed by atoms with Gasteiger partial charge in [0.2, 0.25) is 5.95 Å². The van der Waals surface area contributed by atoms with Crippen LogP contribution in [-0.2, 0) is 0 Å². The number of anilines is 4. The zero-order valence-electron chi connectivity index (χ0n) is 16.6. The highest BCUT2D eigenvalue weighted by Crippen LogP contribution is 2.24. The summed E-state index contributed by atoms with van der Waals surface area (Å²) in [6.07, 6.45) is 3.57. The quantitative estimate of drug-likeness (QED) is 0.750. The topological polar surface area (TPSA) is 70.1 Å². The first-order valence-electron chi connectivity index (χ1n) is 9.55. The molecule has 0 amide bonds. The van der Waals surface area contributed by atoms with Crippen molar-refractivity contribution in [2.45, 2.75) is 20.8 Å². The summed E-state index contributed by atoms with van der Waals surface area (Å²) in [4.78, 5) is 22.4. The van der Waals surface area contributed by atoms with Crippen molar-refractivity contribution in [3.63, 3.8) is 0 Å². The Morgan fingerprint density at radius 3 is 2.32 bits per heavy atom. The Kier molecular flexibility index (Phi) is 5.06. The summed E-state index contributed by atoms with van der Waals surface area (Å²) in [7, 11) is 0. The second kappa shape index (κ2) is 7.80. The van der Waals surface area contributed by atoms with Gasteiger partial charge in [-0.1, -0.05) is 12.1 Å². The van der Waals surface area contributed by atoms with Crippen LogP contribution in [0.2, 0.25) is 0 Å². The Bertz CT molecular complexity index is 950. The minimum Gasteiger partial charge on any atom is -0.353 e. The van der Waals surface area contributed by atoms with Gasteiger partial charge in [-0.15, -0.1) is 0 Å². The minimum atomic E-state index is 0.763. The van der Waals surface area contributed by atoms with Crippen LogP contribution in [0.4, 0.5) is 23.3 Å². The van der Waals surface area contributed by atoms with Crippen molar-refractivity contribution < 1.29 is 0 Å². The fourth-order valence-electron chi connectivity index (χ4n) is 3.38. The molecule has 0 saturated carbocycles. The lowest BCUT2D eigenvalue weighted by molar-refractivity contribution is 0.633. The average Bonchev–Trinajstić information content (AvgIpc) is 2.71. The molecule has 2 aromatic heterocycles. The lowest BCUT2D eigenvalue weighted by Crippen LogP contribution is -2.47. The molecule has 3 aromatic rings. The lowest BCUT2D eigenvalue weighted by atomic mass is 10.1. The molecule has 0 unspecified atom stereocenters.